The lowest BCUT2D eigenvalue weighted by atomic mass is 10.0. The maximum atomic E-state index is 12.6. The SMILES string of the molecule is Cc1ccc(OCc2nc(CC(=O)N3CCOCC3(C)C)cs2)cc1. The molecule has 5 nitrogen and oxygen atoms in total. The van der Waals surface area contributed by atoms with Gasteiger partial charge in [0.1, 0.15) is 17.4 Å². The number of hydrogen-bond acceptors (Lipinski definition) is 5. The molecule has 0 saturated carbocycles. The molecule has 0 aliphatic carbocycles. The lowest BCUT2D eigenvalue weighted by molar-refractivity contribution is -0.145. The minimum Gasteiger partial charge on any atom is -0.486 e. The van der Waals surface area contributed by atoms with Gasteiger partial charge in [-0.3, -0.25) is 4.79 Å². The molecule has 0 unspecified atom stereocenters. The van der Waals surface area contributed by atoms with Crippen LogP contribution < -0.4 is 4.74 Å². The maximum Gasteiger partial charge on any atom is 0.229 e. The molecule has 2 aromatic rings. The number of aromatic nitrogens is 1. The van der Waals surface area contributed by atoms with E-state index in [-0.39, 0.29) is 11.4 Å². The second kappa shape index (κ2) is 7.54. The predicted molar refractivity (Wildman–Crippen MR) is 97.9 cm³/mol. The van der Waals surface area contributed by atoms with Crippen molar-refractivity contribution < 1.29 is 14.3 Å². The number of ether oxygens (including phenoxy) is 2. The highest BCUT2D eigenvalue weighted by molar-refractivity contribution is 7.09. The van der Waals surface area contributed by atoms with Gasteiger partial charge in [-0.2, -0.15) is 0 Å². The fourth-order valence-electron chi connectivity index (χ4n) is 2.85. The van der Waals surface area contributed by atoms with E-state index in [1.54, 1.807) is 0 Å². The number of amides is 1. The smallest absolute Gasteiger partial charge is 0.229 e. The van der Waals surface area contributed by atoms with Gasteiger partial charge in [-0.1, -0.05) is 17.7 Å². The van der Waals surface area contributed by atoms with E-state index in [1.165, 1.54) is 16.9 Å². The largest absolute Gasteiger partial charge is 0.486 e. The summed E-state index contributed by atoms with van der Waals surface area (Å²) in [5.74, 6) is 0.929. The van der Waals surface area contributed by atoms with Crippen molar-refractivity contribution in [3.05, 3.63) is 45.9 Å². The Kier molecular flexibility index (Phi) is 5.39. The molecule has 1 aliphatic rings. The molecule has 1 amide bonds. The summed E-state index contributed by atoms with van der Waals surface area (Å²) in [7, 11) is 0. The summed E-state index contributed by atoms with van der Waals surface area (Å²) in [4.78, 5) is 19.0. The highest BCUT2D eigenvalue weighted by atomic mass is 32.1. The maximum absolute atomic E-state index is 12.6. The van der Waals surface area contributed by atoms with Crippen LogP contribution in [0.5, 0.6) is 5.75 Å². The van der Waals surface area contributed by atoms with E-state index in [0.29, 0.717) is 32.8 Å². The molecule has 3 rings (SSSR count). The Morgan fingerprint density at radius 2 is 2.12 bits per heavy atom. The second-order valence-electron chi connectivity index (χ2n) is 6.92. The molecule has 6 heteroatoms. The van der Waals surface area contributed by atoms with Crippen LogP contribution in [0.25, 0.3) is 0 Å². The van der Waals surface area contributed by atoms with Crippen LogP contribution in [-0.2, 0) is 22.6 Å². The fourth-order valence-corrected chi connectivity index (χ4v) is 3.55. The van der Waals surface area contributed by atoms with Crippen LogP contribution >= 0.6 is 11.3 Å². The Morgan fingerprint density at radius 1 is 1.36 bits per heavy atom. The quantitative estimate of drug-likeness (QED) is 0.822. The van der Waals surface area contributed by atoms with Crippen LogP contribution in [0.3, 0.4) is 0 Å². The second-order valence-corrected chi connectivity index (χ2v) is 7.86. The number of morpholine rings is 1. The van der Waals surface area contributed by atoms with Gasteiger partial charge in [0, 0.05) is 11.9 Å². The predicted octanol–water partition coefficient (Wildman–Crippen LogP) is 3.21. The third-order valence-electron chi connectivity index (χ3n) is 4.26. The van der Waals surface area contributed by atoms with Crippen LogP contribution in [-0.4, -0.2) is 41.1 Å². The summed E-state index contributed by atoms with van der Waals surface area (Å²) in [6.45, 7) is 8.35. The van der Waals surface area contributed by atoms with E-state index in [0.717, 1.165) is 16.5 Å². The number of carbonyl (C=O) groups excluding carboxylic acids is 1. The first-order chi connectivity index (χ1) is 11.9. The highest BCUT2D eigenvalue weighted by Gasteiger charge is 2.34. The lowest BCUT2D eigenvalue weighted by Gasteiger charge is -2.42. The first-order valence-electron chi connectivity index (χ1n) is 8.45. The summed E-state index contributed by atoms with van der Waals surface area (Å²) in [6, 6.07) is 7.94. The highest BCUT2D eigenvalue weighted by Crippen LogP contribution is 2.21. The van der Waals surface area contributed by atoms with Gasteiger partial charge in [0.2, 0.25) is 5.91 Å². The van der Waals surface area contributed by atoms with Gasteiger partial charge in [0.05, 0.1) is 30.9 Å². The van der Waals surface area contributed by atoms with Gasteiger partial charge < -0.3 is 14.4 Å². The van der Waals surface area contributed by atoms with Gasteiger partial charge in [0.25, 0.3) is 0 Å². The average molecular weight is 360 g/mol. The number of benzene rings is 1. The summed E-state index contributed by atoms with van der Waals surface area (Å²) in [5, 5.41) is 2.82. The first-order valence-corrected chi connectivity index (χ1v) is 9.33. The number of hydrogen-bond donors (Lipinski definition) is 0. The van der Waals surface area contributed by atoms with Crippen LogP contribution in [0, 0.1) is 6.92 Å². The van der Waals surface area contributed by atoms with E-state index < -0.39 is 0 Å². The zero-order chi connectivity index (χ0) is 17.9. The molecule has 25 heavy (non-hydrogen) atoms. The molecule has 1 fully saturated rings. The number of nitrogens with zero attached hydrogens (tertiary/aromatic N) is 2. The molecule has 1 aliphatic heterocycles. The Balaban J connectivity index is 1.56. The van der Waals surface area contributed by atoms with E-state index in [9.17, 15) is 4.79 Å². The molecule has 1 aromatic carbocycles. The van der Waals surface area contributed by atoms with E-state index >= 15 is 0 Å². The molecule has 0 spiro atoms. The van der Waals surface area contributed by atoms with Gasteiger partial charge in [-0.15, -0.1) is 11.3 Å². The zero-order valence-corrected chi connectivity index (χ0v) is 15.8. The molecular formula is C19H24N2O3S. The first kappa shape index (κ1) is 17.9. The van der Waals surface area contributed by atoms with Crippen molar-refractivity contribution >= 4 is 17.2 Å². The van der Waals surface area contributed by atoms with Crippen LogP contribution in [0.2, 0.25) is 0 Å². The lowest BCUT2D eigenvalue weighted by Crippen LogP contribution is -2.55. The van der Waals surface area contributed by atoms with Crippen LogP contribution in [0.1, 0.15) is 30.1 Å². The number of aryl methyl sites for hydroxylation is 1. The molecule has 134 valence electrons. The van der Waals surface area contributed by atoms with E-state index in [2.05, 4.69) is 4.98 Å². The Hall–Kier alpha value is -1.92. The number of carbonyl (C=O) groups is 1. The topological polar surface area (TPSA) is 51.7 Å². The van der Waals surface area contributed by atoms with Crippen molar-refractivity contribution in [1.29, 1.82) is 0 Å². The zero-order valence-electron chi connectivity index (χ0n) is 14.9. The normalized spacial score (nSPS) is 16.7. The van der Waals surface area contributed by atoms with Crippen molar-refractivity contribution in [2.24, 2.45) is 0 Å². The van der Waals surface area contributed by atoms with Gasteiger partial charge in [0.15, 0.2) is 0 Å². The Morgan fingerprint density at radius 3 is 2.84 bits per heavy atom. The summed E-state index contributed by atoms with van der Waals surface area (Å²) < 4.78 is 11.2. The Labute approximate surface area is 152 Å². The van der Waals surface area contributed by atoms with Crippen molar-refractivity contribution in [2.45, 2.75) is 39.3 Å². The molecule has 0 bridgehead atoms. The minimum atomic E-state index is -0.261. The standard InChI is InChI=1S/C19H24N2O3S/c1-14-4-6-16(7-5-14)24-11-17-20-15(12-25-17)10-18(22)21-8-9-23-13-19(21,2)3/h4-7,12H,8-11,13H2,1-3H3. The van der Waals surface area contributed by atoms with Gasteiger partial charge in [-0.05, 0) is 32.9 Å². The van der Waals surface area contributed by atoms with E-state index in [1.807, 2.05) is 55.3 Å². The van der Waals surface area contributed by atoms with Gasteiger partial charge in [-0.25, -0.2) is 4.98 Å². The minimum absolute atomic E-state index is 0.101. The number of rotatable bonds is 5. The third-order valence-corrected chi connectivity index (χ3v) is 5.13. The molecule has 0 atom stereocenters. The molecule has 1 aromatic heterocycles. The van der Waals surface area contributed by atoms with Crippen molar-refractivity contribution in [1.82, 2.24) is 9.88 Å². The van der Waals surface area contributed by atoms with Gasteiger partial charge >= 0.3 is 0 Å². The Bertz CT molecular complexity index is 725. The van der Waals surface area contributed by atoms with E-state index in [4.69, 9.17) is 9.47 Å². The molecular weight excluding hydrogens is 336 g/mol. The fraction of sp³-hybridized carbons (Fsp3) is 0.474. The average Bonchev–Trinajstić information content (AvgIpc) is 3.01. The molecule has 0 radical (unpaired) electrons. The van der Waals surface area contributed by atoms with Crippen molar-refractivity contribution in [3.63, 3.8) is 0 Å². The molecule has 0 N–H and O–H groups in total. The monoisotopic (exact) mass is 360 g/mol. The van der Waals surface area contributed by atoms with Crippen molar-refractivity contribution in [2.75, 3.05) is 19.8 Å². The summed E-state index contributed by atoms with van der Waals surface area (Å²) in [6.07, 6.45) is 0.324. The summed E-state index contributed by atoms with van der Waals surface area (Å²) in [5.41, 5.74) is 1.75. The van der Waals surface area contributed by atoms with Crippen molar-refractivity contribution in [3.8, 4) is 5.75 Å². The van der Waals surface area contributed by atoms with Crippen LogP contribution in [0.15, 0.2) is 29.6 Å². The molecule has 2 heterocycles. The summed E-state index contributed by atoms with van der Waals surface area (Å²) >= 11 is 1.53. The van der Waals surface area contributed by atoms with Crippen LogP contribution in [0.4, 0.5) is 0 Å². The number of thiazole rings is 1. The molecule has 1 saturated heterocycles. The third kappa shape index (κ3) is 4.58.